The molecular weight excluding hydrogens is 290 g/mol. The summed E-state index contributed by atoms with van der Waals surface area (Å²) >= 11 is 5.72. The van der Waals surface area contributed by atoms with Crippen LogP contribution in [0.2, 0.25) is 5.02 Å². The molecule has 0 fully saturated rings. The molecule has 7 heteroatoms. The third-order valence-corrected chi connectivity index (χ3v) is 4.65. The Kier molecular flexibility index (Phi) is 4.95. The fraction of sp³-hybridized carbons (Fsp3) is 0.417. The zero-order valence-electron chi connectivity index (χ0n) is 10.9. The minimum Gasteiger partial charge on any atom is -0.478 e. The number of halogens is 1. The molecule has 0 spiro atoms. The van der Waals surface area contributed by atoms with Crippen molar-refractivity contribution in [1.82, 2.24) is 4.31 Å². The number of hydrogen-bond acceptors (Lipinski definition) is 3. The molecule has 1 aromatic carbocycles. The van der Waals surface area contributed by atoms with Gasteiger partial charge >= 0.3 is 5.97 Å². The van der Waals surface area contributed by atoms with Gasteiger partial charge in [0.2, 0.25) is 10.0 Å². The number of benzene rings is 1. The molecule has 0 radical (unpaired) electrons. The molecule has 0 aliphatic heterocycles. The number of rotatable bonds is 5. The lowest BCUT2D eigenvalue weighted by Crippen LogP contribution is -2.30. The quantitative estimate of drug-likeness (QED) is 0.906. The molecule has 1 rings (SSSR count). The van der Waals surface area contributed by atoms with Crippen LogP contribution in [0.4, 0.5) is 0 Å². The van der Waals surface area contributed by atoms with Crippen LogP contribution in [-0.4, -0.2) is 37.4 Å². The predicted octanol–water partition coefficient (Wildman–Crippen LogP) is 2.31. The molecule has 1 N–H and O–H groups in total. The lowest BCUT2D eigenvalue weighted by Gasteiger charge is -2.19. The average Bonchev–Trinajstić information content (AvgIpc) is 2.27. The van der Waals surface area contributed by atoms with Gasteiger partial charge in [-0.15, -0.1) is 0 Å². The summed E-state index contributed by atoms with van der Waals surface area (Å²) in [6.07, 6.45) is 0. The van der Waals surface area contributed by atoms with E-state index in [4.69, 9.17) is 16.7 Å². The summed E-state index contributed by atoms with van der Waals surface area (Å²) in [5.74, 6) is -1.08. The van der Waals surface area contributed by atoms with E-state index in [0.717, 1.165) is 6.07 Å². The van der Waals surface area contributed by atoms with Crippen LogP contribution in [0.25, 0.3) is 0 Å². The zero-order chi connectivity index (χ0) is 14.8. The van der Waals surface area contributed by atoms with Crippen molar-refractivity contribution in [2.24, 2.45) is 5.92 Å². The maximum absolute atomic E-state index is 12.2. The Morgan fingerprint density at radius 3 is 2.47 bits per heavy atom. The maximum Gasteiger partial charge on any atom is 0.337 e. The molecule has 106 valence electrons. The predicted molar refractivity (Wildman–Crippen MR) is 73.1 cm³/mol. The van der Waals surface area contributed by atoms with Crippen LogP contribution in [0.15, 0.2) is 23.1 Å². The summed E-state index contributed by atoms with van der Waals surface area (Å²) in [6.45, 7) is 4.15. The first-order chi connectivity index (χ1) is 8.66. The van der Waals surface area contributed by atoms with Gasteiger partial charge in [0.25, 0.3) is 0 Å². The fourth-order valence-electron chi connectivity index (χ4n) is 1.62. The van der Waals surface area contributed by atoms with Gasteiger partial charge in [-0.05, 0) is 24.1 Å². The molecule has 5 nitrogen and oxygen atoms in total. The van der Waals surface area contributed by atoms with E-state index in [1.54, 1.807) is 0 Å². The number of carbonyl (C=O) groups is 1. The highest BCUT2D eigenvalue weighted by Crippen LogP contribution is 2.22. The van der Waals surface area contributed by atoms with Gasteiger partial charge in [0.1, 0.15) is 0 Å². The van der Waals surface area contributed by atoms with Crippen molar-refractivity contribution in [3.05, 3.63) is 28.8 Å². The standard InChI is InChI=1S/C12H16ClNO4S/c1-8(2)7-14(3)19(17,18)9-4-5-11(13)10(6-9)12(15)16/h4-6,8H,7H2,1-3H3,(H,15,16). The maximum atomic E-state index is 12.2. The van der Waals surface area contributed by atoms with Crippen molar-refractivity contribution < 1.29 is 18.3 Å². The molecule has 1 aromatic rings. The Bertz CT molecular complexity index is 583. The number of aromatic carboxylic acids is 1. The van der Waals surface area contributed by atoms with Crippen molar-refractivity contribution >= 4 is 27.6 Å². The van der Waals surface area contributed by atoms with Gasteiger partial charge in [-0.3, -0.25) is 0 Å². The molecule has 0 heterocycles. The third-order valence-electron chi connectivity index (χ3n) is 2.50. The van der Waals surface area contributed by atoms with E-state index in [1.807, 2.05) is 13.8 Å². The Labute approximate surface area is 117 Å². The van der Waals surface area contributed by atoms with Crippen molar-refractivity contribution in [1.29, 1.82) is 0 Å². The van der Waals surface area contributed by atoms with Crippen molar-refractivity contribution in [3.63, 3.8) is 0 Å². The molecule has 0 bridgehead atoms. The van der Waals surface area contributed by atoms with Gasteiger partial charge in [0.15, 0.2) is 0 Å². The smallest absolute Gasteiger partial charge is 0.337 e. The molecule has 0 atom stereocenters. The van der Waals surface area contributed by atoms with Crippen LogP contribution < -0.4 is 0 Å². The van der Waals surface area contributed by atoms with E-state index in [9.17, 15) is 13.2 Å². The summed E-state index contributed by atoms with van der Waals surface area (Å²) in [6, 6.07) is 3.67. The largest absolute Gasteiger partial charge is 0.478 e. The molecule has 0 aliphatic carbocycles. The SMILES string of the molecule is CC(C)CN(C)S(=O)(=O)c1ccc(Cl)c(C(=O)O)c1. The van der Waals surface area contributed by atoms with Crippen molar-refractivity contribution in [3.8, 4) is 0 Å². The number of carboxylic acid groups (broad SMARTS) is 1. The van der Waals surface area contributed by atoms with Gasteiger partial charge < -0.3 is 5.11 Å². The summed E-state index contributed by atoms with van der Waals surface area (Å²) in [5, 5.41) is 8.96. The van der Waals surface area contributed by atoms with Gasteiger partial charge in [0.05, 0.1) is 15.5 Å². The van der Waals surface area contributed by atoms with Crippen LogP contribution in [0.1, 0.15) is 24.2 Å². The van der Waals surface area contributed by atoms with Crippen LogP contribution in [0.3, 0.4) is 0 Å². The average molecular weight is 306 g/mol. The minimum absolute atomic E-state index is 0.0120. The van der Waals surface area contributed by atoms with E-state index < -0.39 is 16.0 Å². The highest BCUT2D eigenvalue weighted by molar-refractivity contribution is 7.89. The van der Waals surface area contributed by atoms with Gasteiger partial charge in [-0.1, -0.05) is 25.4 Å². The topological polar surface area (TPSA) is 74.7 Å². The van der Waals surface area contributed by atoms with E-state index in [2.05, 4.69) is 0 Å². The van der Waals surface area contributed by atoms with Crippen LogP contribution in [0, 0.1) is 5.92 Å². The Hall–Kier alpha value is -1.11. The minimum atomic E-state index is -3.70. The van der Waals surface area contributed by atoms with Gasteiger partial charge in [0, 0.05) is 13.6 Å². The second-order valence-corrected chi connectivity index (χ2v) is 7.08. The first-order valence-corrected chi connectivity index (χ1v) is 7.47. The highest BCUT2D eigenvalue weighted by Gasteiger charge is 2.23. The monoisotopic (exact) mass is 305 g/mol. The lowest BCUT2D eigenvalue weighted by molar-refractivity contribution is 0.0697. The summed E-state index contributed by atoms with van der Waals surface area (Å²) < 4.78 is 25.7. The van der Waals surface area contributed by atoms with E-state index >= 15 is 0 Å². The first-order valence-electron chi connectivity index (χ1n) is 5.65. The molecule has 0 amide bonds. The fourth-order valence-corrected chi connectivity index (χ4v) is 3.18. The van der Waals surface area contributed by atoms with E-state index in [-0.39, 0.29) is 21.4 Å². The first kappa shape index (κ1) is 15.9. The van der Waals surface area contributed by atoms with Gasteiger partial charge in [-0.2, -0.15) is 0 Å². The van der Waals surface area contributed by atoms with E-state index in [0.29, 0.717) is 6.54 Å². The summed E-state index contributed by atoms with van der Waals surface area (Å²) in [7, 11) is -2.23. The molecular formula is C12H16ClNO4S. The molecule has 0 unspecified atom stereocenters. The Morgan fingerprint density at radius 1 is 1.42 bits per heavy atom. The molecule has 0 aliphatic rings. The number of carboxylic acids is 1. The second kappa shape index (κ2) is 5.90. The van der Waals surface area contributed by atoms with Crippen molar-refractivity contribution in [2.45, 2.75) is 18.7 Å². The molecule has 0 saturated heterocycles. The van der Waals surface area contributed by atoms with Crippen LogP contribution in [0.5, 0.6) is 0 Å². The van der Waals surface area contributed by atoms with Crippen LogP contribution in [-0.2, 0) is 10.0 Å². The number of nitrogens with zero attached hydrogens (tertiary/aromatic N) is 1. The van der Waals surface area contributed by atoms with Crippen LogP contribution >= 0.6 is 11.6 Å². The van der Waals surface area contributed by atoms with Crippen molar-refractivity contribution in [2.75, 3.05) is 13.6 Å². The Morgan fingerprint density at radius 2 is 2.00 bits per heavy atom. The van der Waals surface area contributed by atoms with Gasteiger partial charge in [-0.25, -0.2) is 17.5 Å². The molecule has 19 heavy (non-hydrogen) atoms. The molecule has 0 aromatic heterocycles. The normalized spacial score (nSPS) is 12.1. The summed E-state index contributed by atoms with van der Waals surface area (Å²) in [4.78, 5) is 10.9. The zero-order valence-corrected chi connectivity index (χ0v) is 12.5. The number of hydrogen-bond donors (Lipinski definition) is 1. The van der Waals surface area contributed by atoms with E-state index in [1.165, 1.54) is 23.5 Å². The molecule has 0 saturated carbocycles. The lowest BCUT2D eigenvalue weighted by atomic mass is 10.2. The summed E-state index contributed by atoms with van der Waals surface area (Å²) in [5.41, 5.74) is -0.222. The number of sulfonamides is 1. The third kappa shape index (κ3) is 3.68. The Balaban J connectivity index is 3.22. The second-order valence-electron chi connectivity index (χ2n) is 4.63. The highest BCUT2D eigenvalue weighted by atomic mass is 35.5.